The number of aryl methyl sites for hydroxylation is 1. The quantitative estimate of drug-likeness (QED) is 0.766. The van der Waals surface area contributed by atoms with Crippen LogP contribution in [0.3, 0.4) is 0 Å². The summed E-state index contributed by atoms with van der Waals surface area (Å²) < 4.78 is 0. The van der Waals surface area contributed by atoms with Gasteiger partial charge in [0.2, 0.25) is 0 Å². The first kappa shape index (κ1) is 14.4. The number of hydrogen-bond acceptors (Lipinski definition) is 2. The van der Waals surface area contributed by atoms with Crippen molar-refractivity contribution < 1.29 is 0 Å². The summed E-state index contributed by atoms with van der Waals surface area (Å²) in [7, 11) is 0. The Morgan fingerprint density at radius 2 is 2.05 bits per heavy atom. The van der Waals surface area contributed by atoms with Gasteiger partial charge in [-0.1, -0.05) is 19.9 Å². The molecule has 0 spiro atoms. The van der Waals surface area contributed by atoms with E-state index >= 15 is 0 Å². The van der Waals surface area contributed by atoms with Gasteiger partial charge in [-0.3, -0.25) is 0 Å². The molecule has 2 heteroatoms. The molecule has 1 saturated carbocycles. The highest BCUT2D eigenvalue weighted by Crippen LogP contribution is 2.32. The first-order valence-electron chi connectivity index (χ1n) is 7.79. The number of nitrogens with zero attached hydrogens (tertiary/aromatic N) is 1. The lowest BCUT2D eigenvalue weighted by molar-refractivity contribution is 0.705. The molecule has 2 rings (SSSR count). The van der Waals surface area contributed by atoms with Crippen molar-refractivity contribution >= 4 is 5.69 Å². The molecule has 0 amide bonds. The lowest BCUT2D eigenvalue weighted by atomic mass is 10.1. The van der Waals surface area contributed by atoms with Crippen LogP contribution in [0.15, 0.2) is 18.2 Å². The second kappa shape index (κ2) is 6.95. The van der Waals surface area contributed by atoms with Gasteiger partial charge < -0.3 is 10.2 Å². The molecular formula is C17H28N2. The highest BCUT2D eigenvalue weighted by atomic mass is 15.1. The lowest BCUT2D eigenvalue weighted by Crippen LogP contribution is -2.26. The van der Waals surface area contributed by atoms with Crippen molar-refractivity contribution in [2.24, 2.45) is 5.92 Å². The Hall–Kier alpha value is -1.02. The Bertz CT molecular complexity index is 396. The molecule has 106 valence electrons. The third kappa shape index (κ3) is 4.24. The molecule has 2 nitrogen and oxygen atoms in total. The minimum Gasteiger partial charge on any atom is -0.371 e. The van der Waals surface area contributed by atoms with Gasteiger partial charge in [-0.15, -0.1) is 0 Å². The zero-order chi connectivity index (χ0) is 13.7. The minimum atomic E-state index is 0.952. The maximum Gasteiger partial charge on any atom is 0.0369 e. The Balaban J connectivity index is 2.06. The minimum absolute atomic E-state index is 0.952. The highest BCUT2D eigenvalue weighted by molar-refractivity contribution is 5.51. The molecule has 19 heavy (non-hydrogen) atoms. The van der Waals surface area contributed by atoms with Crippen molar-refractivity contribution in [3.8, 4) is 0 Å². The summed E-state index contributed by atoms with van der Waals surface area (Å²) in [6.45, 7) is 11.1. The van der Waals surface area contributed by atoms with Gasteiger partial charge in [0.25, 0.3) is 0 Å². The standard InChI is InChI=1S/C17H28N2/c1-4-10-19(13-15-6-7-15)17-9-8-16(12-18-5-2)14(3)11-17/h8-9,11,15,18H,4-7,10,12-13H2,1-3H3. The number of anilines is 1. The molecule has 0 atom stereocenters. The van der Waals surface area contributed by atoms with Gasteiger partial charge in [-0.25, -0.2) is 0 Å². The average Bonchev–Trinajstić information content (AvgIpc) is 3.21. The van der Waals surface area contributed by atoms with Crippen LogP contribution < -0.4 is 10.2 Å². The van der Waals surface area contributed by atoms with Crippen LogP contribution in [0.5, 0.6) is 0 Å². The first-order valence-corrected chi connectivity index (χ1v) is 7.79. The molecule has 1 aliphatic rings. The molecule has 0 aliphatic heterocycles. The topological polar surface area (TPSA) is 15.3 Å². The maximum absolute atomic E-state index is 3.41. The maximum atomic E-state index is 3.41. The molecule has 1 aromatic carbocycles. The van der Waals surface area contributed by atoms with Crippen LogP contribution in [0, 0.1) is 12.8 Å². The smallest absolute Gasteiger partial charge is 0.0369 e. The van der Waals surface area contributed by atoms with E-state index in [0.29, 0.717) is 0 Å². The van der Waals surface area contributed by atoms with Crippen LogP contribution in [-0.2, 0) is 6.54 Å². The van der Waals surface area contributed by atoms with Crippen molar-refractivity contribution in [1.82, 2.24) is 5.32 Å². The van der Waals surface area contributed by atoms with Gasteiger partial charge in [-0.2, -0.15) is 0 Å². The molecule has 0 unspecified atom stereocenters. The van der Waals surface area contributed by atoms with Crippen molar-refractivity contribution in [3.63, 3.8) is 0 Å². The molecule has 0 radical (unpaired) electrons. The van der Waals surface area contributed by atoms with Crippen molar-refractivity contribution in [2.45, 2.75) is 46.6 Å². The Kier molecular flexibility index (Phi) is 5.26. The fourth-order valence-corrected chi connectivity index (χ4v) is 2.54. The normalized spacial score (nSPS) is 14.7. The van der Waals surface area contributed by atoms with E-state index in [2.05, 4.69) is 49.2 Å². The summed E-state index contributed by atoms with van der Waals surface area (Å²) in [6.07, 6.45) is 4.08. The van der Waals surface area contributed by atoms with Gasteiger partial charge >= 0.3 is 0 Å². The van der Waals surface area contributed by atoms with Crippen LogP contribution in [0.25, 0.3) is 0 Å². The zero-order valence-electron chi connectivity index (χ0n) is 12.7. The Morgan fingerprint density at radius 1 is 1.26 bits per heavy atom. The summed E-state index contributed by atoms with van der Waals surface area (Å²) in [6, 6.07) is 6.96. The molecular weight excluding hydrogens is 232 g/mol. The summed E-state index contributed by atoms with van der Waals surface area (Å²) in [5.74, 6) is 0.952. The van der Waals surface area contributed by atoms with Crippen LogP contribution in [-0.4, -0.2) is 19.6 Å². The molecule has 1 aliphatic carbocycles. The summed E-state index contributed by atoms with van der Waals surface area (Å²) >= 11 is 0. The van der Waals surface area contributed by atoms with Crippen LogP contribution in [0.4, 0.5) is 5.69 Å². The molecule has 1 aromatic rings. The van der Waals surface area contributed by atoms with E-state index in [9.17, 15) is 0 Å². The fourth-order valence-electron chi connectivity index (χ4n) is 2.54. The SMILES string of the molecule is CCCN(CC1CC1)c1ccc(CNCC)c(C)c1. The molecule has 0 saturated heterocycles. The first-order chi connectivity index (χ1) is 9.24. The van der Waals surface area contributed by atoms with Crippen molar-refractivity contribution in [3.05, 3.63) is 29.3 Å². The molecule has 1 fully saturated rings. The summed E-state index contributed by atoms with van der Waals surface area (Å²) in [4.78, 5) is 2.57. The van der Waals surface area contributed by atoms with Gasteiger partial charge in [0, 0.05) is 25.3 Å². The summed E-state index contributed by atoms with van der Waals surface area (Å²) in [5, 5.41) is 3.41. The number of benzene rings is 1. The third-order valence-electron chi connectivity index (χ3n) is 3.93. The lowest BCUT2D eigenvalue weighted by Gasteiger charge is -2.25. The monoisotopic (exact) mass is 260 g/mol. The largest absolute Gasteiger partial charge is 0.371 e. The van der Waals surface area contributed by atoms with Crippen LogP contribution in [0.1, 0.15) is 44.2 Å². The van der Waals surface area contributed by atoms with E-state index in [0.717, 1.165) is 19.0 Å². The second-order valence-corrected chi connectivity index (χ2v) is 5.78. The van der Waals surface area contributed by atoms with Crippen molar-refractivity contribution in [2.75, 3.05) is 24.5 Å². The van der Waals surface area contributed by atoms with Gasteiger partial charge in [0.1, 0.15) is 0 Å². The zero-order valence-corrected chi connectivity index (χ0v) is 12.7. The third-order valence-corrected chi connectivity index (χ3v) is 3.93. The van der Waals surface area contributed by atoms with Gasteiger partial charge in [0.05, 0.1) is 0 Å². The van der Waals surface area contributed by atoms with E-state index < -0.39 is 0 Å². The average molecular weight is 260 g/mol. The number of hydrogen-bond donors (Lipinski definition) is 1. The molecule has 1 N–H and O–H groups in total. The van der Waals surface area contributed by atoms with Crippen molar-refractivity contribution in [1.29, 1.82) is 0 Å². The Labute approximate surface area is 118 Å². The Morgan fingerprint density at radius 3 is 2.63 bits per heavy atom. The summed E-state index contributed by atoms with van der Waals surface area (Å²) in [5.41, 5.74) is 4.25. The predicted molar refractivity (Wildman–Crippen MR) is 83.8 cm³/mol. The van der Waals surface area contributed by atoms with Crippen LogP contribution >= 0.6 is 0 Å². The predicted octanol–water partition coefficient (Wildman–Crippen LogP) is 3.73. The van der Waals surface area contributed by atoms with E-state index in [1.54, 1.807) is 0 Å². The van der Waals surface area contributed by atoms with Gasteiger partial charge in [0.15, 0.2) is 0 Å². The molecule has 0 aromatic heterocycles. The second-order valence-electron chi connectivity index (χ2n) is 5.78. The van der Waals surface area contributed by atoms with E-state index in [1.165, 1.54) is 49.2 Å². The van der Waals surface area contributed by atoms with E-state index in [-0.39, 0.29) is 0 Å². The molecule has 0 heterocycles. The highest BCUT2D eigenvalue weighted by Gasteiger charge is 2.24. The van der Waals surface area contributed by atoms with E-state index in [1.807, 2.05) is 0 Å². The van der Waals surface area contributed by atoms with Crippen LogP contribution in [0.2, 0.25) is 0 Å². The van der Waals surface area contributed by atoms with E-state index in [4.69, 9.17) is 0 Å². The fraction of sp³-hybridized carbons (Fsp3) is 0.647. The van der Waals surface area contributed by atoms with Gasteiger partial charge in [-0.05, 0) is 61.9 Å². The number of rotatable bonds is 8. The molecule has 0 bridgehead atoms. The number of nitrogens with one attached hydrogen (secondary N) is 1.